The largest absolute Gasteiger partial charge is 0.450 e. The van der Waals surface area contributed by atoms with Gasteiger partial charge in [0, 0.05) is 56.4 Å². The Bertz CT molecular complexity index is 785. The first-order valence-corrected chi connectivity index (χ1v) is 11.0. The fourth-order valence-corrected chi connectivity index (χ4v) is 5.61. The molecule has 29 heavy (non-hydrogen) atoms. The molecule has 1 aromatic heterocycles. The van der Waals surface area contributed by atoms with E-state index in [4.69, 9.17) is 4.74 Å². The van der Waals surface area contributed by atoms with Crippen molar-refractivity contribution in [3.8, 4) is 0 Å². The summed E-state index contributed by atoms with van der Waals surface area (Å²) in [5.74, 6) is 0.913. The summed E-state index contributed by atoms with van der Waals surface area (Å²) in [7, 11) is 4.18. The van der Waals surface area contributed by atoms with Gasteiger partial charge in [0.1, 0.15) is 0 Å². The number of nitrogens with zero attached hydrogens (tertiary/aromatic N) is 4. The van der Waals surface area contributed by atoms with Gasteiger partial charge in [-0.25, -0.2) is 4.79 Å². The van der Waals surface area contributed by atoms with Crippen molar-refractivity contribution >= 4 is 6.09 Å². The minimum atomic E-state index is -0.180. The Morgan fingerprint density at radius 2 is 1.97 bits per heavy atom. The van der Waals surface area contributed by atoms with E-state index >= 15 is 0 Å². The van der Waals surface area contributed by atoms with Gasteiger partial charge in [0.15, 0.2) is 0 Å². The van der Waals surface area contributed by atoms with Crippen molar-refractivity contribution in [1.29, 1.82) is 0 Å². The SMILES string of the molecule is CCOC(=O)N1CCC(N2C[C@H]3C[C@@H](C2)[C@H](CN(C)C)n2c3cccc2=O)CC1. The van der Waals surface area contributed by atoms with Crippen LogP contribution in [0.2, 0.25) is 0 Å². The van der Waals surface area contributed by atoms with E-state index in [-0.39, 0.29) is 17.7 Å². The quantitative estimate of drug-likeness (QED) is 0.771. The van der Waals surface area contributed by atoms with E-state index in [9.17, 15) is 9.59 Å². The summed E-state index contributed by atoms with van der Waals surface area (Å²) >= 11 is 0. The first kappa shape index (κ1) is 20.4. The van der Waals surface area contributed by atoms with E-state index in [1.54, 1.807) is 6.07 Å². The Balaban J connectivity index is 1.50. The highest BCUT2D eigenvalue weighted by Gasteiger charge is 2.42. The average Bonchev–Trinajstić information content (AvgIpc) is 2.71. The molecular weight excluding hydrogens is 368 g/mol. The van der Waals surface area contributed by atoms with Crippen molar-refractivity contribution < 1.29 is 9.53 Å². The lowest BCUT2D eigenvalue weighted by atomic mass is 9.77. The van der Waals surface area contributed by atoms with Crippen molar-refractivity contribution in [1.82, 2.24) is 19.3 Å². The number of piperidine rings is 2. The summed E-state index contributed by atoms with van der Waals surface area (Å²) in [6, 6.07) is 6.51. The average molecular weight is 403 g/mol. The molecule has 3 aliphatic heterocycles. The zero-order valence-corrected chi connectivity index (χ0v) is 17.9. The number of fused-ring (bicyclic) bond motifs is 4. The van der Waals surface area contributed by atoms with Gasteiger partial charge in [-0.3, -0.25) is 9.69 Å². The van der Waals surface area contributed by atoms with Crippen LogP contribution >= 0.6 is 0 Å². The molecule has 1 aromatic rings. The first-order valence-electron chi connectivity index (χ1n) is 11.0. The van der Waals surface area contributed by atoms with E-state index in [2.05, 4.69) is 34.5 Å². The molecule has 2 saturated heterocycles. The van der Waals surface area contributed by atoms with Crippen LogP contribution < -0.4 is 5.56 Å². The van der Waals surface area contributed by atoms with Crippen molar-refractivity contribution in [3.05, 3.63) is 34.2 Å². The van der Waals surface area contributed by atoms with Crippen LogP contribution in [0.5, 0.6) is 0 Å². The highest BCUT2D eigenvalue weighted by Crippen LogP contribution is 2.42. The zero-order valence-electron chi connectivity index (χ0n) is 17.9. The summed E-state index contributed by atoms with van der Waals surface area (Å²) in [6.45, 7) is 6.77. The van der Waals surface area contributed by atoms with Gasteiger partial charge in [-0.2, -0.15) is 0 Å². The Morgan fingerprint density at radius 3 is 2.66 bits per heavy atom. The minimum Gasteiger partial charge on any atom is -0.450 e. The number of hydrogen-bond donors (Lipinski definition) is 0. The van der Waals surface area contributed by atoms with E-state index in [0.29, 0.717) is 24.5 Å². The maximum Gasteiger partial charge on any atom is 0.409 e. The number of carbonyl (C=O) groups is 1. The molecule has 2 fully saturated rings. The molecule has 160 valence electrons. The van der Waals surface area contributed by atoms with Crippen LogP contribution in [0, 0.1) is 5.92 Å². The molecular formula is C22H34N4O3. The van der Waals surface area contributed by atoms with Gasteiger partial charge in [0.25, 0.3) is 5.56 Å². The van der Waals surface area contributed by atoms with E-state index in [1.807, 2.05) is 17.9 Å². The summed E-state index contributed by atoms with van der Waals surface area (Å²) < 4.78 is 7.24. The molecule has 0 radical (unpaired) electrons. The molecule has 7 heteroatoms. The van der Waals surface area contributed by atoms with Crippen molar-refractivity contribution in [2.45, 2.75) is 44.2 Å². The Hall–Kier alpha value is -1.86. The molecule has 4 rings (SSSR count). The number of pyridine rings is 1. The Morgan fingerprint density at radius 1 is 1.21 bits per heavy atom. The van der Waals surface area contributed by atoms with Crippen LogP contribution in [-0.2, 0) is 4.74 Å². The number of hydrogen-bond acceptors (Lipinski definition) is 5. The molecule has 7 nitrogen and oxygen atoms in total. The maximum atomic E-state index is 12.7. The second kappa shape index (κ2) is 8.48. The van der Waals surface area contributed by atoms with Crippen LogP contribution in [-0.4, -0.2) is 84.8 Å². The normalized spacial score (nSPS) is 27.7. The third kappa shape index (κ3) is 4.08. The molecule has 0 aromatic carbocycles. The lowest BCUT2D eigenvalue weighted by Gasteiger charge is -2.50. The van der Waals surface area contributed by atoms with Gasteiger partial charge in [0.05, 0.1) is 12.6 Å². The number of rotatable bonds is 4. The molecule has 0 N–H and O–H groups in total. The summed E-state index contributed by atoms with van der Waals surface area (Å²) in [6.07, 6.45) is 2.98. The lowest BCUT2D eigenvalue weighted by molar-refractivity contribution is 0.0250. The minimum absolute atomic E-state index is 0.139. The number of amides is 1. The highest BCUT2D eigenvalue weighted by molar-refractivity contribution is 5.67. The number of likely N-dealkylation sites (N-methyl/N-ethyl adjacent to an activating group) is 1. The van der Waals surface area contributed by atoms with Crippen LogP contribution in [0.25, 0.3) is 0 Å². The van der Waals surface area contributed by atoms with E-state index in [1.165, 1.54) is 12.1 Å². The second-order valence-corrected chi connectivity index (χ2v) is 9.05. The number of carbonyl (C=O) groups excluding carboxylic acids is 1. The van der Waals surface area contributed by atoms with Gasteiger partial charge in [0.2, 0.25) is 0 Å². The van der Waals surface area contributed by atoms with Crippen LogP contribution in [0.15, 0.2) is 23.0 Å². The molecule has 0 aliphatic carbocycles. The molecule has 3 aliphatic rings. The van der Waals surface area contributed by atoms with Gasteiger partial charge >= 0.3 is 6.09 Å². The molecule has 4 heterocycles. The summed E-state index contributed by atoms with van der Waals surface area (Å²) in [4.78, 5) is 31.4. The Kier molecular flexibility index (Phi) is 5.97. The number of likely N-dealkylation sites (tertiary alicyclic amines) is 2. The lowest BCUT2D eigenvalue weighted by Crippen LogP contribution is -2.55. The zero-order chi connectivity index (χ0) is 20.5. The van der Waals surface area contributed by atoms with Crippen molar-refractivity contribution in [2.75, 3.05) is 53.4 Å². The monoisotopic (exact) mass is 402 g/mol. The van der Waals surface area contributed by atoms with Crippen molar-refractivity contribution in [3.63, 3.8) is 0 Å². The molecule has 2 bridgehead atoms. The van der Waals surface area contributed by atoms with Gasteiger partial charge in [-0.1, -0.05) is 6.07 Å². The van der Waals surface area contributed by atoms with E-state index < -0.39 is 0 Å². The van der Waals surface area contributed by atoms with Crippen LogP contribution in [0.1, 0.15) is 43.8 Å². The third-order valence-electron chi connectivity index (χ3n) is 6.89. The molecule has 3 atom stereocenters. The first-order chi connectivity index (χ1) is 14.0. The topological polar surface area (TPSA) is 58.0 Å². The van der Waals surface area contributed by atoms with Gasteiger partial charge < -0.3 is 19.1 Å². The fraction of sp³-hybridized carbons (Fsp3) is 0.727. The van der Waals surface area contributed by atoms with Crippen LogP contribution in [0.3, 0.4) is 0 Å². The van der Waals surface area contributed by atoms with Gasteiger partial charge in [-0.05, 0) is 52.3 Å². The fourth-order valence-electron chi connectivity index (χ4n) is 5.61. The predicted molar refractivity (Wildman–Crippen MR) is 112 cm³/mol. The summed E-state index contributed by atoms with van der Waals surface area (Å²) in [5, 5.41) is 0. The van der Waals surface area contributed by atoms with Crippen LogP contribution in [0.4, 0.5) is 4.79 Å². The molecule has 0 saturated carbocycles. The second-order valence-electron chi connectivity index (χ2n) is 9.05. The smallest absolute Gasteiger partial charge is 0.409 e. The van der Waals surface area contributed by atoms with Crippen molar-refractivity contribution in [2.24, 2.45) is 5.92 Å². The third-order valence-corrected chi connectivity index (χ3v) is 6.89. The Labute approximate surface area is 173 Å². The maximum absolute atomic E-state index is 12.7. The molecule has 0 unspecified atom stereocenters. The number of aromatic nitrogens is 1. The predicted octanol–water partition coefficient (Wildman–Crippen LogP) is 1.99. The molecule has 1 amide bonds. The standard InChI is InChI=1S/C22H34N4O3/c1-4-29-22(28)24-10-8-18(9-11-24)25-13-16-12-17(14-25)20(15-23(2)3)26-19(16)6-5-7-21(26)27/h5-7,16-18,20H,4,8-15H2,1-3H3/t16-,17+,20+/m1/s1. The van der Waals surface area contributed by atoms with E-state index in [0.717, 1.165) is 45.6 Å². The summed E-state index contributed by atoms with van der Waals surface area (Å²) in [5.41, 5.74) is 1.34. The highest BCUT2D eigenvalue weighted by atomic mass is 16.6. The number of ether oxygens (including phenoxy) is 1. The molecule has 0 spiro atoms. The van der Waals surface area contributed by atoms with Gasteiger partial charge in [-0.15, -0.1) is 0 Å².